The maximum atomic E-state index is 6.55. The second-order valence-electron chi connectivity index (χ2n) is 9.10. The fourth-order valence-corrected chi connectivity index (χ4v) is 6.43. The highest BCUT2D eigenvalue weighted by molar-refractivity contribution is 5.85. The number of ether oxygens (including phenoxy) is 1. The van der Waals surface area contributed by atoms with Gasteiger partial charge in [-0.25, -0.2) is 0 Å². The summed E-state index contributed by atoms with van der Waals surface area (Å²) in [5.41, 5.74) is 4.50. The normalized spacial score (nSPS) is 32.6. The zero-order valence-electron chi connectivity index (χ0n) is 16.3. The van der Waals surface area contributed by atoms with Crippen LogP contribution in [0.4, 0.5) is 0 Å². The van der Waals surface area contributed by atoms with Crippen LogP contribution in [0.25, 0.3) is 10.9 Å². The Morgan fingerprint density at radius 1 is 1.04 bits per heavy atom. The van der Waals surface area contributed by atoms with E-state index in [1.54, 1.807) is 0 Å². The van der Waals surface area contributed by atoms with Crippen LogP contribution in [0.2, 0.25) is 0 Å². The topological polar surface area (TPSA) is 28.3 Å². The Morgan fingerprint density at radius 3 is 2.50 bits per heavy atom. The molecule has 2 heterocycles. The van der Waals surface area contributed by atoms with Crippen molar-refractivity contribution in [2.75, 3.05) is 20.7 Å². The van der Waals surface area contributed by atoms with Gasteiger partial charge >= 0.3 is 0 Å². The molecule has 1 aliphatic heterocycles. The Hall–Kier alpha value is -1.32. The summed E-state index contributed by atoms with van der Waals surface area (Å²) in [6.45, 7) is 0.868. The van der Waals surface area contributed by atoms with Crippen molar-refractivity contribution in [2.45, 2.75) is 68.9 Å². The number of hydrogen-bond acceptors (Lipinski definition) is 2. The molecule has 0 atom stereocenters. The van der Waals surface area contributed by atoms with Crippen LogP contribution in [0.3, 0.4) is 0 Å². The highest BCUT2D eigenvalue weighted by atomic mass is 16.5. The maximum absolute atomic E-state index is 6.55. The van der Waals surface area contributed by atoms with E-state index in [9.17, 15) is 0 Å². The van der Waals surface area contributed by atoms with Gasteiger partial charge in [0, 0.05) is 16.4 Å². The van der Waals surface area contributed by atoms with Gasteiger partial charge in [0.2, 0.25) is 0 Å². The number of H-pyrrole nitrogens is 1. The molecule has 1 aromatic heterocycles. The first-order valence-electron chi connectivity index (χ1n) is 10.6. The second-order valence-corrected chi connectivity index (χ2v) is 9.10. The van der Waals surface area contributed by atoms with E-state index in [4.69, 9.17) is 4.74 Å². The first-order valence-corrected chi connectivity index (χ1v) is 10.6. The second kappa shape index (κ2) is 6.10. The molecule has 2 aromatic rings. The van der Waals surface area contributed by atoms with E-state index in [0.717, 1.165) is 31.8 Å². The van der Waals surface area contributed by atoms with Gasteiger partial charge in [-0.2, -0.15) is 0 Å². The minimum atomic E-state index is -0.0787. The Morgan fingerprint density at radius 2 is 1.77 bits per heavy atom. The number of fused-ring (bicyclic) bond motifs is 4. The zero-order valence-corrected chi connectivity index (χ0v) is 16.3. The van der Waals surface area contributed by atoms with Crippen LogP contribution in [0.15, 0.2) is 24.3 Å². The monoisotopic (exact) mass is 352 g/mol. The predicted octanol–water partition coefficient (Wildman–Crippen LogP) is 5.00. The van der Waals surface area contributed by atoms with Crippen molar-refractivity contribution in [3.8, 4) is 0 Å². The molecule has 2 fully saturated rings. The molecule has 0 unspecified atom stereocenters. The van der Waals surface area contributed by atoms with Gasteiger partial charge in [-0.05, 0) is 76.6 Å². The molecule has 1 N–H and O–H groups in total. The van der Waals surface area contributed by atoms with E-state index in [-0.39, 0.29) is 5.60 Å². The molecule has 0 amide bonds. The fourth-order valence-electron chi connectivity index (χ4n) is 6.43. The van der Waals surface area contributed by atoms with Crippen LogP contribution < -0.4 is 0 Å². The molecule has 2 saturated carbocycles. The molecule has 2 aliphatic carbocycles. The average Bonchev–Trinajstić information content (AvgIpc) is 3.31. The largest absolute Gasteiger partial charge is 0.368 e. The van der Waals surface area contributed by atoms with Crippen LogP contribution in [0.5, 0.6) is 0 Å². The van der Waals surface area contributed by atoms with Gasteiger partial charge in [0.05, 0.1) is 12.3 Å². The highest BCUT2D eigenvalue weighted by Gasteiger charge is 2.51. The molecule has 3 aliphatic rings. The molecule has 1 aromatic carbocycles. The predicted molar refractivity (Wildman–Crippen MR) is 106 cm³/mol. The molecule has 5 rings (SSSR count). The number of hydrogen-bond donors (Lipinski definition) is 1. The standard InChI is InChI=1S/C23H32N2O/c1-25(2)22(17-7-3-4-8-17)12-14-23(15-13-22)21-19(11-16-26-23)18-9-5-6-10-20(18)24-21/h5-6,9-10,17,24H,3-4,7-8,11-16H2,1-2H3. The van der Waals surface area contributed by atoms with Crippen LogP contribution in [-0.2, 0) is 16.8 Å². The Bertz CT molecular complexity index is 792. The Labute approximate surface area is 157 Å². The van der Waals surface area contributed by atoms with Gasteiger partial charge in [0.1, 0.15) is 5.60 Å². The Kier molecular flexibility index (Phi) is 3.95. The van der Waals surface area contributed by atoms with E-state index in [0.29, 0.717) is 5.54 Å². The minimum Gasteiger partial charge on any atom is -0.368 e. The molecular formula is C23H32N2O. The smallest absolute Gasteiger partial charge is 0.108 e. The number of nitrogens with one attached hydrogen (secondary N) is 1. The van der Waals surface area contributed by atoms with Gasteiger partial charge in [0.25, 0.3) is 0 Å². The van der Waals surface area contributed by atoms with Crippen molar-refractivity contribution in [1.82, 2.24) is 9.88 Å². The molecular weight excluding hydrogens is 320 g/mol. The van der Waals surface area contributed by atoms with Crippen molar-refractivity contribution in [3.63, 3.8) is 0 Å². The molecule has 0 bridgehead atoms. The van der Waals surface area contributed by atoms with Gasteiger partial charge < -0.3 is 14.6 Å². The summed E-state index contributed by atoms with van der Waals surface area (Å²) >= 11 is 0. The first-order chi connectivity index (χ1) is 12.6. The summed E-state index contributed by atoms with van der Waals surface area (Å²) < 4.78 is 6.55. The van der Waals surface area contributed by atoms with E-state index in [1.807, 2.05) is 0 Å². The lowest BCUT2D eigenvalue weighted by molar-refractivity contribution is -0.121. The number of rotatable bonds is 2. The first kappa shape index (κ1) is 16.8. The molecule has 0 saturated heterocycles. The lowest BCUT2D eigenvalue weighted by Gasteiger charge is -2.53. The van der Waals surface area contributed by atoms with Crippen LogP contribution in [0, 0.1) is 5.92 Å². The maximum Gasteiger partial charge on any atom is 0.108 e. The summed E-state index contributed by atoms with van der Waals surface area (Å²) in [6, 6.07) is 8.79. The van der Waals surface area contributed by atoms with Crippen molar-refractivity contribution < 1.29 is 4.74 Å². The third-order valence-electron chi connectivity index (χ3n) is 7.93. The summed E-state index contributed by atoms with van der Waals surface area (Å²) in [4.78, 5) is 6.32. The van der Waals surface area contributed by atoms with Gasteiger partial charge in [0.15, 0.2) is 0 Å². The van der Waals surface area contributed by atoms with E-state index >= 15 is 0 Å². The van der Waals surface area contributed by atoms with Gasteiger partial charge in [-0.15, -0.1) is 0 Å². The molecule has 26 heavy (non-hydrogen) atoms. The van der Waals surface area contributed by atoms with Gasteiger partial charge in [-0.3, -0.25) is 0 Å². The SMILES string of the molecule is CN(C)C1(C2CCCC2)CCC2(CC1)OCCc1c2[nH]c2ccccc12. The van der Waals surface area contributed by atoms with Crippen molar-refractivity contribution in [3.05, 3.63) is 35.5 Å². The third kappa shape index (κ3) is 2.33. The molecule has 3 nitrogen and oxygen atoms in total. The van der Waals surface area contributed by atoms with E-state index < -0.39 is 0 Å². The zero-order chi connectivity index (χ0) is 17.8. The number of benzene rings is 1. The van der Waals surface area contributed by atoms with Crippen LogP contribution in [0.1, 0.15) is 62.6 Å². The summed E-state index contributed by atoms with van der Waals surface area (Å²) in [5.74, 6) is 0.876. The lowest BCUT2D eigenvalue weighted by Crippen LogP contribution is -2.55. The van der Waals surface area contributed by atoms with E-state index in [2.05, 4.69) is 48.2 Å². The van der Waals surface area contributed by atoms with Crippen LogP contribution >= 0.6 is 0 Å². The number of para-hydroxylation sites is 1. The number of aromatic amines is 1. The lowest BCUT2D eigenvalue weighted by atomic mass is 9.65. The minimum absolute atomic E-state index is 0.0787. The molecule has 3 heteroatoms. The quantitative estimate of drug-likeness (QED) is 0.824. The third-order valence-corrected chi connectivity index (χ3v) is 7.93. The van der Waals surface area contributed by atoms with Crippen LogP contribution in [-0.4, -0.2) is 36.1 Å². The fraction of sp³-hybridized carbons (Fsp3) is 0.652. The summed E-state index contributed by atoms with van der Waals surface area (Å²) in [6.07, 6.45) is 11.6. The summed E-state index contributed by atoms with van der Waals surface area (Å²) in [5, 5.41) is 1.41. The average molecular weight is 353 g/mol. The summed E-state index contributed by atoms with van der Waals surface area (Å²) in [7, 11) is 4.62. The number of nitrogens with zero attached hydrogens (tertiary/aromatic N) is 1. The van der Waals surface area contributed by atoms with Crippen molar-refractivity contribution in [2.24, 2.45) is 5.92 Å². The molecule has 0 radical (unpaired) electrons. The molecule has 140 valence electrons. The van der Waals surface area contributed by atoms with E-state index in [1.165, 1.54) is 60.7 Å². The van der Waals surface area contributed by atoms with Gasteiger partial charge in [-0.1, -0.05) is 31.0 Å². The Balaban J connectivity index is 1.50. The van der Waals surface area contributed by atoms with Crippen molar-refractivity contribution in [1.29, 1.82) is 0 Å². The van der Waals surface area contributed by atoms with Crippen molar-refractivity contribution >= 4 is 10.9 Å². The molecule has 1 spiro atoms. The number of aromatic nitrogens is 1. The highest BCUT2D eigenvalue weighted by Crippen LogP contribution is 2.53.